The van der Waals surface area contributed by atoms with Gasteiger partial charge in [-0.3, -0.25) is 4.79 Å². The Kier molecular flexibility index (Phi) is 7.15. The molecule has 106 valence electrons. The van der Waals surface area contributed by atoms with Crippen molar-refractivity contribution in [1.29, 1.82) is 0 Å². The average Bonchev–Trinajstić information content (AvgIpc) is 2.45. The third-order valence-corrected chi connectivity index (χ3v) is 3.01. The van der Waals surface area contributed by atoms with Crippen molar-refractivity contribution < 1.29 is 14.3 Å². The van der Waals surface area contributed by atoms with Crippen molar-refractivity contribution in [3.05, 3.63) is 35.9 Å². The number of amides is 1. The second-order valence-electron chi connectivity index (χ2n) is 4.42. The topological polar surface area (TPSA) is 47.6 Å². The van der Waals surface area contributed by atoms with Gasteiger partial charge in [0.2, 0.25) is 6.29 Å². The number of rotatable bonds is 8. The number of ether oxygens (including phenoxy) is 2. The van der Waals surface area contributed by atoms with Gasteiger partial charge in [0.25, 0.3) is 5.91 Å². The molecule has 1 amide bonds. The monoisotopic (exact) mass is 265 g/mol. The van der Waals surface area contributed by atoms with Gasteiger partial charge in [-0.25, -0.2) is 0 Å². The van der Waals surface area contributed by atoms with E-state index in [0.717, 1.165) is 24.8 Å². The Labute approximate surface area is 115 Å². The lowest BCUT2D eigenvalue weighted by Crippen LogP contribution is -2.39. The van der Waals surface area contributed by atoms with Gasteiger partial charge in [-0.1, -0.05) is 50.1 Å². The number of carbonyl (C=O) groups excluding carboxylic acids is 1. The van der Waals surface area contributed by atoms with Crippen LogP contribution in [0.15, 0.2) is 30.3 Å². The normalized spacial score (nSPS) is 12.4. The van der Waals surface area contributed by atoms with Crippen LogP contribution in [0.25, 0.3) is 0 Å². The fourth-order valence-electron chi connectivity index (χ4n) is 1.97. The molecule has 4 heteroatoms. The van der Waals surface area contributed by atoms with E-state index in [9.17, 15) is 4.79 Å². The van der Waals surface area contributed by atoms with Crippen LogP contribution in [-0.4, -0.2) is 26.4 Å². The van der Waals surface area contributed by atoms with Gasteiger partial charge in [0.05, 0.1) is 6.04 Å². The Balaban J connectivity index is 2.72. The number of unbranched alkanes of at least 4 members (excludes halogenated alkanes) is 1. The van der Waals surface area contributed by atoms with Gasteiger partial charge in [0.15, 0.2) is 0 Å². The summed E-state index contributed by atoms with van der Waals surface area (Å²) in [6.45, 7) is 2.14. The number of benzene rings is 1. The van der Waals surface area contributed by atoms with Crippen LogP contribution in [0.3, 0.4) is 0 Å². The summed E-state index contributed by atoms with van der Waals surface area (Å²) in [6.07, 6.45) is 2.21. The van der Waals surface area contributed by atoms with Gasteiger partial charge >= 0.3 is 0 Å². The summed E-state index contributed by atoms with van der Waals surface area (Å²) in [7, 11) is 2.91. The molecule has 1 aromatic carbocycles. The summed E-state index contributed by atoms with van der Waals surface area (Å²) in [5.41, 5.74) is 1.11. The number of hydrogen-bond donors (Lipinski definition) is 1. The van der Waals surface area contributed by atoms with Crippen molar-refractivity contribution in [3.8, 4) is 0 Å². The Morgan fingerprint density at radius 2 is 1.84 bits per heavy atom. The minimum Gasteiger partial charge on any atom is -0.348 e. The predicted octanol–water partition coefficient (Wildman–Crippen LogP) is 2.65. The first-order valence-electron chi connectivity index (χ1n) is 6.63. The predicted molar refractivity (Wildman–Crippen MR) is 74.7 cm³/mol. The lowest BCUT2D eigenvalue weighted by Gasteiger charge is -2.21. The highest BCUT2D eigenvalue weighted by Gasteiger charge is 2.21. The summed E-state index contributed by atoms with van der Waals surface area (Å²) in [5, 5.41) is 2.98. The van der Waals surface area contributed by atoms with Crippen LogP contribution in [0.4, 0.5) is 0 Å². The van der Waals surface area contributed by atoms with Crippen molar-refractivity contribution in [2.75, 3.05) is 14.2 Å². The first-order valence-corrected chi connectivity index (χ1v) is 6.63. The highest BCUT2D eigenvalue weighted by atomic mass is 16.7. The third-order valence-electron chi connectivity index (χ3n) is 3.01. The number of nitrogens with one attached hydrogen (secondary N) is 1. The van der Waals surface area contributed by atoms with Gasteiger partial charge in [0.1, 0.15) is 0 Å². The largest absolute Gasteiger partial charge is 0.348 e. The molecule has 0 heterocycles. The van der Waals surface area contributed by atoms with Gasteiger partial charge < -0.3 is 14.8 Å². The minimum atomic E-state index is -0.854. The molecule has 4 nitrogen and oxygen atoms in total. The molecular formula is C15H23NO3. The molecule has 0 radical (unpaired) electrons. The average molecular weight is 265 g/mol. The van der Waals surface area contributed by atoms with E-state index in [4.69, 9.17) is 9.47 Å². The molecule has 1 N–H and O–H groups in total. The second-order valence-corrected chi connectivity index (χ2v) is 4.42. The van der Waals surface area contributed by atoms with Crippen LogP contribution in [0.2, 0.25) is 0 Å². The fourth-order valence-corrected chi connectivity index (χ4v) is 1.97. The molecule has 0 fully saturated rings. The molecule has 1 atom stereocenters. The van der Waals surface area contributed by atoms with Crippen LogP contribution in [0.5, 0.6) is 0 Å². The smallest absolute Gasteiger partial charge is 0.277 e. The number of hydrogen-bond acceptors (Lipinski definition) is 3. The molecule has 0 aliphatic rings. The van der Waals surface area contributed by atoms with E-state index in [1.54, 1.807) is 0 Å². The van der Waals surface area contributed by atoms with Gasteiger partial charge in [0, 0.05) is 14.2 Å². The van der Waals surface area contributed by atoms with E-state index in [0.29, 0.717) is 0 Å². The van der Waals surface area contributed by atoms with Crippen LogP contribution in [-0.2, 0) is 14.3 Å². The van der Waals surface area contributed by atoms with E-state index in [1.807, 2.05) is 30.3 Å². The summed E-state index contributed by atoms with van der Waals surface area (Å²) in [5.74, 6) is -0.241. The van der Waals surface area contributed by atoms with E-state index < -0.39 is 6.29 Å². The zero-order valence-corrected chi connectivity index (χ0v) is 11.9. The van der Waals surface area contributed by atoms with Crippen molar-refractivity contribution in [1.82, 2.24) is 5.32 Å². The number of methoxy groups -OCH3 is 2. The molecule has 0 bridgehead atoms. The van der Waals surface area contributed by atoms with E-state index >= 15 is 0 Å². The maximum absolute atomic E-state index is 12.0. The van der Waals surface area contributed by atoms with Crippen LogP contribution >= 0.6 is 0 Å². The highest BCUT2D eigenvalue weighted by Crippen LogP contribution is 2.19. The minimum absolute atomic E-state index is 0.00134. The lowest BCUT2D eigenvalue weighted by molar-refractivity contribution is -0.159. The fraction of sp³-hybridized carbons (Fsp3) is 0.533. The van der Waals surface area contributed by atoms with E-state index in [2.05, 4.69) is 12.2 Å². The van der Waals surface area contributed by atoms with Gasteiger partial charge in [-0.15, -0.1) is 0 Å². The Bertz CT molecular complexity index is 363. The van der Waals surface area contributed by atoms with Crippen molar-refractivity contribution in [2.24, 2.45) is 0 Å². The van der Waals surface area contributed by atoms with Crippen molar-refractivity contribution >= 4 is 5.91 Å². The molecule has 0 saturated carbocycles. The van der Waals surface area contributed by atoms with Gasteiger partial charge in [-0.05, 0) is 12.0 Å². The zero-order chi connectivity index (χ0) is 14.1. The molecule has 1 aromatic rings. The third kappa shape index (κ3) is 5.01. The maximum atomic E-state index is 12.0. The van der Waals surface area contributed by atoms with Crippen LogP contribution < -0.4 is 5.32 Å². The highest BCUT2D eigenvalue weighted by molar-refractivity contribution is 5.79. The molecule has 0 spiro atoms. The number of carbonyl (C=O) groups is 1. The molecule has 1 unspecified atom stereocenters. The second kappa shape index (κ2) is 8.67. The Hall–Kier alpha value is -1.39. The van der Waals surface area contributed by atoms with Crippen molar-refractivity contribution in [3.63, 3.8) is 0 Å². The van der Waals surface area contributed by atoms with Crippen LogP contribution in [0, 0.1) is 0 Å². The summed E-state index contributed by atoms with van der Waals surface area (Å²) in [6, 6.07) is 9.97. The SMILES string of the molecule is CCCCC(NC(=O)C(OC)OC)c1ccccc1. The summed E-state index contributed by atoms with van der Waals surface area (Å²) < 4.78 is 9.94. The van der Waals surface area contributed by atoms with Crippen molar-refractivity contribution in [2.45, 2.75) is 38.5 Å². The Morgan fingerprint density at radius 1 is 1.21 bits per heavy atom. The standard InChI is InChI=1S/C15H23NO3/c1-4-5-11-13(12-9-7-6-8-10-12)16-14(17)15(18-2)19-3/h6-10,13,15H,4-5,11H2,1-3H3,(H,16,17). The molecule has 0 aromatic heterocycles. The molecule has 0 saturated heterocycles. The van der Waals surface area contributed by atoms with Gasteiger partial charge in [-0.2, -0.15) is 0 Å². The lowest BCUT2D eigenvalue weighted by atomic mass is 10.0. The molecule has 19 heavy (non-hydrogen) atoms. The zero-order valence-electron chi connectivity index (χ0n) is 11.9. The van der Waals surface area contributed by atoms with E-state index in [1.165, 1.54) is 14.2 Å². The Morgan fingerprint density at radius 3 is 2.37 bits per heavy atom. The quantitative estimate of drug-likeness (QED) is 0.735. The summed E-state index contributed by atoms with van der Waals surface area (Å²) >= 11 is 0. The first kappa shape index (κ1) is 15.7. The maximum Gasteiger partial charge on any atom is 0.277 e. The molecule has 0 aliphatic carbocycles. The molecule has 1 rings (SSSR count). The van der Waals surface area contributed by atoms with Crippen LogP contribution in [0.1, 0.15) is 37.8 Å². The first-order chi connectivity index (χ1) is 9.22. The molecule has 0 aliphatic heterocycles. The molecular weight excluding hydrogens is 242 g/mol. The summed E-state index contributed by atoms with van der Waals surface area (Å²) in [4.78, 5) is 12.0. The van der Waals surface area contributed by atoms with E-state index in [-0.39, 0.29) is 11.9 Å².